The van der Waals surface area contributed by atoms with E-state index in [0.717, 1.165) is 32.7 Å². The predicted octanol–water partition coefficient (Wildman–Crippen LogP) is 3.25. The molecule has 0 N–H and O–H groups in total. The molecular weight excluding hydrogens is 248 g/mol. The second-order valence-electron chi connectivity index (χ2n) is 8.57. The van der Waals surface area contributed by atoms with Gasteiger partial charge in [-0.3, -0.25) is 9.69 Å². The van der Waals surface area contributed by atoms with Crippen LogP contribution in [0.4, 0.5) is 0 Å². The quantitative estimate of drug-likeness (QED) is 0.793. The summed E-state index contributed by atoms with van der Waals surface area (Å²) >= 11 is 0. The Hall–Kier alpha value is -0.570. The number of amides is 1. The molecule has 3 heteroatoms. The fourth-order valence-corrected chi connectivity index (χ4v) is 2.33. The van der Waals surface area contributed by atoms with Crippen molar-refractivity contribution in [2.24, 2.45) is 16.7 Å². The van der Waals surface area contributed by atoms with Crippen molar-refractivity contribution in [2.75, 3.05) is 32.7 Å². The van der Waals surface area contributed by atoms with Crippen molar-refractivity contribution in [3.05, 3.63) is 0 Å². The van der Waals surface area contributed by atoms with E-state index >= 15 is 0 Å². The molecule has 0 aromatic carbocycles. The van der Waals surface area contributed by atoms with E-state index in [4.69, 9.17) is 0 Å². The summed E-state index contributed by atoms with van der Waals surface area (Å²) in [5.74, 6) is 0.427. The molecule has 0 radical (unpaired) electrons. The van der Waals surface area contributed by atoms with E-state index in [1.165, 1.54) is 6.42 Å². The van der Waals surface area contributed by atoms with Gasteiger partial charge in [-0.25, -0.2) is 0 Å². The number of carbonyl (C=O) groups excluding carboxylic acids is 1. The van der Waals surface area contributed by atoms with Crippen LogP contribution in [0.3, 0.4) is 0 Å². The van der Waals surface area contributed by atoms with Crippen LogP contribution in [0, 0.1) is 16.7 Å². The molecule has 1 heterocycles. The lowest BCUT2D eigenvalue weighted by Crippen LogP contribution is -2.51. The fourth-order valence-electron chi connectivity index (χ4n) is 2.33. The van der Waals surface area contributed by atoms with E-state index in [-0.39, 0.29) is 11.3 Å². The molecule has 0 aliphatic carbocycles. The van der Waals surface area contributed by atoms with Crippen molar-refractivity contribution in [2.45, 2.75) is 54.9 Å². The number of carbonyl (C=O) groups is 1. The van der Waals surface area contributed by atoms with Crippen LogP contribution in [0.15, 0.2) is 0 Å². The van der Waals surface area contributed by atoms with Crippen molar-refractivity contribution >= 4 is 5.91 Å². The van der Waals surface area contributed by atoms with Crippen LogP contribution in [-0.2, 0) is 4.79 Å². The number of nitrogens with zero attached hydrogens (tertiary/aromatic N) is 2. The molecule has 0 aromatic rings. The highest BCUT2D eigenvalue weighted by Crippen LogP contribution is 2.27. The first kappa shape index (κ1) is 17.5. The minimum Gasteiger partial charge on any atom is -0.340 e. The highest BCUT2D eigenvalue weighted by atomic mass is 16.2. The molecule has 0 bridgehead atoms. The smallest absolute Gasteiger partial charge is 0.226 e. The zero-order valence-electron chi connectivity index (χ0n) is 14.6. The standard InChI is InChI=1S/C17H34N2O/c1-14(17(5,6)7)15(20)19-12-10-18(11-13-19)9-8-16(2,3)4/h14H,8-13H2,1-7H3/t14-/m1/s1. The van der Waals surface area contributed by atoms with Gasteiger partial charge in [-0.2, -0.15) is 0 Å². The molecule has 0 unspecified atom stereocenters. The lowest BCUT2D eigenvalue weighted by atomic mass is 9.81. The van der Waals surface area contributed by atoms with E-state index in [9.17, 15) is 4.79 Å². The molecule has 1 aliphatic heterocycles. The predicted molar refractivity (Wildman–Crippen MR) is 85.7 cm³/mol. The number of hydrogen-bond donors (Lipinski definition) is 0. The highest BCUT2D eigenvalue weighted by molar-refractivity contribution is 5.79. The largest absolute Gasteiger partial charge is 0.340 e. The summed E-state index contributed by atoms with van der Waals surface area (Å²) in [6, 6.07) is 0. The van der Waals surface area contributed by atoms with Gasteiger partial charge in [0.2, 0.25) is 5.91 Å². The molecule has 1 rings (SSSR count). The second-order valence-corrected chi connectivity index (χ2v) is 8.57. The molecule has 1 amide bonds. The normalized spacial score (nSPS) is 20.1. The molecule has 1 aliphatic rings. The molecule has 1 fully saturated rings. The highest BCUT2D eigenvalue weighted by Gasteiger charge is 2.31. The Kier molecular flexibility index (Phi) is 5.65. The molecule has 1 saturated heterocycles. The average Bonchev–Trinajstić information content (AvgIpc) is 2.33. The third-order valence-corrected chi connectivity index (χ3v) is 4.53. The summed E-state index contributed by atoms with van der Waals surface area (Å²) in [4.78, 5) is 17.0. The lowest BCUT2D eigenvalue weighted by molar-refractivity contribution is -0.140. The van der Waals surface area contributed by atoms with Crippen LogP contribution in [0.2, 0.25) is 0 Å². The van der Waals surface area contributed by atoms with Crippen LogP contribution in [0.1, 0.15) is 54.9 Å². The van der Waals surface area contributed by atoms with Crippen molar-refractivity contribution in [1.29, 1.82) is 0 Å². The molecule has 118 valence electrons. The first-order chi connectivity index (χ1) is 9.00. The van der Waals surface area contributed by atoms with Crippen molar-refractivity contribution in [3.63, 3.8) is 0 Å². The van der Waals surface area contributed by atoms with Gasteiger partial charge < -0.3 is 4.90 Å². The second kappa shape index (κ2) is 6.46. The monoisotopic (exact) mass is 282 g/mol. The fraction of sp³-hybridized carbons (Fsp3) is 0.941. The van der Waals surface area contributed by atoms with Crippen LogP contribution in [0.25, 0.3) is 0 Å². The number of rotatable bonds is 3. The van der Waals surface area contributed by atoms with E-state index in [1.54, 1.807) is 0 Å². The Balaban J connectivity index is 2.41. The maximum absolute atomic E-state index is 12.5. The zero-order chi connectivity index (χ0) is 15.6. The van der Waals surface area contributed by atoms with E-state index < -0.39 is 0 Å². The van der Waals surface area contributed by atoms with Crippen molar-refractivity contribution in [3.8, 4) is 0 Å². The summed E-state index contributed by atoms with van der Waals surface area (Å²) in [5.41, 5.74) is 0.453. The molecular formula is C17H34N2O. The SMILES string of the molecule is C[C@H](C(=O)N1CCN(CCC(C)(C)C)CC1)C(C)(C)C. The third kappa shape index (κ3) is 5.43. The van der Waals surface area contributed by atoms with Gasteiger partial charge in [-0.1, -0.05) is 48.5 Å². The Bertz CT molecular complexity index is 317. The third-order valence-electron chi connectivity index (χ3n) is 4.53. The van der Waals surface area contributed by atoms with Crippen LogP contribution in [-0.4, -0.2) is 48.4 Å². The van der Waals surface area contributed by atoms with Gasteiger partial charge in [-0.15, -0.1) is 0 Å². The maximum Gasteiger partial charge on any atom is 0.226 e. The number of hydrogen-bond acceptors (Lipinski definition) is 2. The Morgan fingerprint density at radius 1 is 1.00 bits per heavy atom. The van der Waals surface area contributed by atoms with E-state index in [0.29, 0.717) is 11.3 Å². The minimum absolute atomic E-state index is 0.0560. The van der Waals surface area contributed by atoms with Gasteiger partial charge in [0, 0.05) is 32.1 Å². The Morgan fingerprint density at radius 2 is 1.50 bits per heavy atom. The van der Waals surface area contributed by atoms with Gasteiger partial charge in [-0.05, 0) is 23.8 Å². The van der Waals surface area contributed by atoms with E-state index in [1.807, 2.05) is 0 Å². The summed E-state index contributed by atoms with van der Waals surface area (Å²) in [5, 5.41) is 0. The molecule has 0 saturated carbocycles. The Morgan fingerprint density at radius 3 is 1.90 bits per heavy atom. The Labute approximate surface area is 125 Å². The summed E-state index contributed by atoms with van der Waals surface area (Å²) in [6.07, 6.45) is 1.22. The lowest BCUT2D eigenvalue weighted by Gasteiger charge is -2.39. The molecule has 20 heavy (non-hydrogen) atoms. The van der Waals surface area contributed by atoms with Crippen molar-refractivity contribution < 1.29 is 4.79 Å². The maximum atomic E-state index is 12.5. The van der Waals surface area contributed by atoms with Crippen LogP contribution < -0.4 is 0 Å². The molecule has 0 spiro atoms. The van der Waals surface area contributed by atoms with Crippen molar-refractivity contribution in [1.82, 2.24) is 9.80 Å². The van der Waals surface area contributed by atoms with Crippen LogP contribution >= 0.6 is 0 Å². The summed E-state index contributed by atoms with van der Waals surface area (Å²) in [6.45, 7) is 20.4. The first-order valence-corrected chi connectivity index (χ1v) is 8.02. The average molecular weight is 282 g/mol. The van der Waals surface area contributed by atoms with Gasteiger partial charge in [0.25, 0.3) is 0 Å². The summed E-state index contributed by atoms with van der Waals surface area (Å²) < 4.78 is 0. The minimum atomic E-state index is 0.0560. The van der Waals surface area contributed by atoms with E-state index in [2.05, 4.69) is 58.3 Å². The molecule has 3 nitrogen and oxygen atoms in total. The summed E-state index contributed by atoms with van der Waals surface area (Å²) in [7, 11) is 0. The number of piperazine rings is 1. The zero-order valence-corrected chi connectivity index (χ0v) is 14.6. The van der Waals surface area contributed by atoms with Gasteiger partial charge >= 0.3 is 0 Å². The van der Waals surface area contributed by atoms with Gasteiger partial charge in [0.1, 0.15) is 0 Å². The van der Waals surface area contributed by atoms with Gasteiger partial charge in [0.15, 0.2) is 0 Å². The molecule has 0 aromatic heterocycles. The topological polar surface area (TPSA) is 23.6 Å². The van der Waals surface area contributed by atoms with Gasteiger partial charge in [0.05, 0.1) is 0 Å². The molecule has 1 atom stereocenters. The van der Waals surface area contributed by atoms with Crippen LogP contribution in [0.5, 0.6) is 0 Å². The first-order valence-electron chi connectivity index (χ1n) is 8.02.